The fourth-order valence-corrected chi connectivity index (χ4v) is 4.08. The maximum Gasteiger partial charge on any atom is 0.246 e. The lowest BCUT2D eigenvalue weighted by molar-refractivity contribution is -0.126. The molecule has 1 aromatic rings. The van der Waals surface area contributed by atoms with Crippen LogP contribution in [0.15, 0.2) is 83.1 Å². The van der Waals surface area contributed by atoms with E-state index in [1.807, 2.05) is 44.2 Å². The minimum atomic E-state index is -0.00758. The van der Waals surface area contributed by atoms with Crippen molar-refractivity contribution in [2.24, 2.45) is 5.41 Å². The van der Waals surface area contributed by atoms with Crippen molar-refractivity contribution < 1.29 is 9.53 Å². The lowest BCUT2D eigenvalue weighted by Gasteiger charge is -2.32. The summed E-state index contributed by atoms with van der Waals surface area (Å²) in [6.45, 7) is 14.5. The molecule has 0 saturated carbocycles. The summed E-state index contributed by atoms with van der Waals surface area (Å²) in [6, 6.07) is 5.54. The van der Waals surface area contributed by atoms with Gasteiger partial charge >= 0.3 is 0 Å². The van der Waals surface area contributed by atoms with Gasteiger partial charge in [0, 0.05) is 24.9 Å². The molecule has 0 unspecified atom stereocenters. The van der Waals surface area contributed by atoms with Crippen molar-refractivity contribution in [3.05, 3.63) is 83.1 Å². The Hall–Kier alpha value is -2.88. The number of amides is 1. The average Bonchev–Trinajstić information content (AvgIpc) is 2.76. The van der Waals surface area contributed by atoms with Crippen LogP contribution in [0.5, 0.6) is 5.88 Å². The van der Waals surface area contributed by atoms with Gasteiger partial charge in [-0.1, -0.05) is 61.4 Å². The first-order valence-electron chi connectivity index (χ1n) is 12.0. The standard InChI is InChI=1S/C29H40N2O2/c1-7-31(20-21-33-27-15-8-9-19-30-27)28(32)22-24(3)13-10-12-23(2)16-17-26-25(4)14-11-18-29(26,5)6/h8-10,12-13,15-17,19,22H,7,11,14,18,20-21H2,1-6H3/b13-10+,17-16+,23-12+,24-22+. The van der Waals surface area contributed by atoms with Crippen molar-refractivity contribution in [1.29, 1.82) is 0 Å². The third-order valence-corrected chi connectivity index (χ3v) is 6.07. The fourth-order valence-electron chi connectivity index (χ4n) is 4.08. The van der Waals surface area contributed by atoms with Crippen LogP contribution < -0.4 is 4.74 Å². The Balaban J connectivity index is 1.90. The van der Waals surface area contributed by atoms with Gasteiger partial charge < -0.3 is 9.64 Å². The smallest absolute Gasteiger partial charge is 0.246 e. The first kappa shape index (κ1) is 26.4. The highest BCUT2D eigenvalue weighted by Crippen LogP contribution is 2.40. The Labute approximate surface area is 200 Å². The molecule has 0 radical (unpaired) electrons. The SMILES string of the molecule is CCN(CCOc1ccccn1)C(=O)/C=C(C)/C=C/C=C(C)/C=C/C1=C(C)CCCC1(C)C. The Morgan fingerprint density at radius 1 is 1.21 bits per heavy atom. The Kier molecular flexibility index (Phi) is 10.4. The van der Waals surface area contributed by atoms with E-state index in [0.717, 1.165) is 5.57 Å². The monoisotopic (exact) mass is 448 g/mol. The summed E-state index contributed by atoms with van der Waals surface area (Å²) < 4.78 is 5.61. The summed E-state index contributed by atoms with van der Waals surface area (Å²) in [5, 5.41) is 0. The number of rotatable bonds is 10. The van der Waals surface area contributed by atoms with Gasteiger partial charge in [0.25, 0.3) is 0 Å². The number of allylic oxidation sites excluding steroid dienone is 9. The van der Waals surface area contributed by atoms with E-state index < -0.39 is 0 Å². The molecule has 1 aliphatic rings. The molecule has 0 aliphatic heterocycles. The van der Waals surface area contributed by atoms with Crippen LogP contribution in [-0.4, -0.2) is 35.5 Å². The van der Waals surface area contributed by atoms with Crippen molar-refractivity contribution >= 4 is 5.91 Å². The highest BCUT2D eigenvalue weighted by molar-refractivity contribution is 5.88. The molecule has 0 bridgehead atoms. The van der Waals surface area contributed by atoms with E-state index in [4.69, 9.17) is 4.74 Å². The molecule has 4 heteroatoms. The number of pyridine rings is 1. The summed E-state index contributed by atoms with van der Waals surface area (Å²) >= 11 is 0. The van der Waals surface area contributed by atoms with Crippen LogP contribution in [-0.2, 0) is 4.79 Å². The summed E-state index contributed by atoms with van der Waals surface area (Å²) in [5.41, 5.74) is 5.34. The second-order valence-corrected chi connectivity index (χ2v) is 9.36. The van der Waals surface area contributed by atoms with E-state index in [1.165, 1.54) is 36.0 Å². The lowest BCUT2D eigenvalue weighted by atomic mass is 9.72. The number of likely N-dealkylation sites (N-methyl/N-ethyl adjacent to an activating group) is 1. The van der Waals surface area contributed by atoms with Crippen molar-refractivity contribution in [3.8, 4) is 5.88 Å². The van der Waals surface area contributed by atoms with Crippen LogP contribution in [0.2, 0.25) is 0 Å². The highest BCUT2D eigenvalue weighted by atomic mass is 16.5. The quantitative estimate of drug-likeness (QED) is 0.291. The first-order chi connectivity index (χ1) is 15.7. The zero-order valence-electron chi connectivity index (χ0n) is 21.2. The molecule has 1 aromatic heterocycles. The number of carbonyl (C=O) groups is 1. The Morgan fingerprint density at radius 3 is 2.67 bits per heavy atom. The van der Waals surface area contributed by atoms with E-state index in [1.54, 1.807) is 17.2 Å². The van der Waals surface area contributed by atoms with Gasteiger partial charge in [-0.2, -0.15) is 0 Å². The van der Waals surface area contributed by atoms with Gasteiger partial charge in [0.05, 0.1) is 6.54 Å². The number of hydrogen-bond donors (Lipinski definition) is 0. The molecule has 1 aliphatic carbocycles. The largest absolute Gasteiger partial charge is 0.476 e. The van der Waals surface area contributed by atoms with Crippen LogP contribution in [0.4, 0.5) is 0 Å². The topological polar surface area (TPSA) is 42.4 Å². The van der Waals surface area contributed by atoms with Crippen LogP contribution in [0.1, 0.15) is 60.8 Å². The molecule has 0 saturated heterocycles. The molecular formula is C29H40N2O2. The molecule has 0 fully saturated rings. The molecule has 33 heavy (non-hydrogen) atoms. The number of carbonyl (C=O) groups excluding carboxylic acids is 1. The van der Waals surface area contributed by atoms with Crippen molar-refractivity contribution in [1.82, 2.24) is 9.88 Å². The summed E-state index contributed by atoms with van der Waals surface area (Å²) in [7, 11) is 0. The van der Waals surface area contributed by atoms with Gasteiger partial charge in [-0.3, -0.25) is 4.79 Å². The van der Waals surface area contributed by atoms with Crippen LogP contribution >= 0.6 is 0 Å². The zero-order valence-corrected chi connectivity index (χ0v) is 21.2. The number of ether oxygens (including phenoxy) is 1. The fraction of sp³-hybridized carbons (Fsp3) is 0.448. The molecule has 0 spiro atoms. The van der Waals surface area contributed by atoms with Gasteiger partial charge in [-0.05, 0) is 69.6 Å². The summed E-state index contributed by atoms with van der Waals surface area (Å²) in [6.07, 6.45) is 17.6. The molecule has 0 atom stereocenters. The lowest BCUT2D eigenvalue weighted by Crippen LogP contribution is -2.33. The molecular weight excluding hydrogens is 408 g/mol. The van der Waals surface area contributed by atoms with Crippen molar-refractivity contribution in [2.75, 3.05) is 19.7 Å². The van der Waals surface area contributed by atoms with E-state index >= 15 is 0 Å². The van der Waals surface area contributed by atoms with Gasteiger partial charge in [0.15, 0.2) is 0 Å². The Morgan fingerprint density at radius 2 is 2.00 bits per heavy atom. The predicted molar refractivity (Wildman–Crippen MR) is 138 cm³/mol. The second kappa shape index (κ2) is 13.0. The first-order valence-corrected chi connectivity index (χ1v) is 12.0. The van der Waals surface area contributed by atoms with E-state index in [-0.39, 0.29) is 11.3 Å². The minimum Gasteiger partial charge on any atom is -0.476 e. The predicted octanol–water partition coefficient (Wildman–Crippen LogP) is 6.84. The maximum absolute atomic E-state index is 12.6. The molecule has 178 valence electrons. The highest BCUT2D eigenvalue weighted by Gasteiger charge is 2.26. The third-order valence-electron chi connectivity index (χ3n) is 6.07. The molecule has 1 heterocycles. The molecule has 0 N–H and O–H groups in total. The second-order valence-electron chi connectivity index (χ2n) is 9.36. The Bertz CT molecular complexity index is 934. The molecule has 2 rings (SSSR count). The molecule has 4 nitrogen and oxygen atoms in total. The van der Waals surface area contributed by atoms with Crippen molar-refractivity contribution in [3.63, 3.8) is 0 Å². The van der Waals surface area contributed by atoms with Crippen LogP contribution in [0.25, 0.3) is 0 Å². The summed E-state index contributed by atoms with van der Waals surface area (Å²) in [4.78, 5) is 18.5. The number of aromatic nitrogens is 1. The third kappa shape index (κ3) is 8.88. The zero-order chi connectivity index (χ0) is 24.3. The van der Waals surface area contributed by atoms with Crippen molar-refractivity contribution in [2.45, 2.75) is 60.8 Å². The van der Waals surface area contributed by atoms with Gasteiger partial charge in [-0.25, -0.2) is 4.98 Å². The van der Waals surface area contributed by atoms with Gasteiger partial charge in [0.2, 0.25) is 11.8 Å². The van der Waals surface area contributed by atoms with E-state index in [2.05, 4.69) is 50.9 Å². The van der Waals surface area contributed by atoms with Gasteiger partial charge in [-0.15, -0.1) is 0 Å². The van der Waals surface area contributed by atoms with Crippen LogP contribution in [0, 0.1) is 5.41 Å². The maximum atomic E-state index is 12.6. The minimum absolute atomic E-state index is 0.00758. The van der Waals surface area contributed by atoms with Crippen LogP contribution in [0.3, 0.4) is 0 Å². The molecule has 0 aromatic carbocycles. The molecule has 1 amide bonds. The number of hydrogen-bond acceptors (Lipinski definition) is 3. The number of nitrogens with zero attached hydrogens (tertiary/aromatic N) is 2. The van der Waals surface area contributed by atoms with E-state index in [9.17, 15) is 4.79 Å². The summed E-state index contributed by atoms with van der Waals surface area (Å²) in [5.74, 6) is 0.567. The normalized spacial score (nSPS) is 17.2. The van der Waals surface area contributed by atoms with E-state index in [0.29, 0.717) is 25.6 Å². The van der Waals surface area contributed by atoms with Gasteiger partial charge in [0.1, 0.15) is 6.61 Å². The average molecular weight is 449 g/mol.